The van der Waals surface area contributed by atoms with Gasteiger partial charge in [0, 0.05) is 18.3 Å². The van der Waals surface area contributed by atoms with Gasteiger partial charge < -0.3 is 10.2 Å². The van der Waals surface area contributed by atoms with Crippen LogP contribution in [0.2, 0.25) is 0 Å². The SMILES string of the molecule is O=C(NC1CC(N2CCCC2)C1)c1cccn2nccc12. The van der Waals surface area contributed by atoms with E-state index in [4.69, 9.17) is 0 Å². The molecular weight excluding hydrogens is 264 g/mol. The molecule has 1 saturated carbocycles. The van der Waals surface area contributed by atoms with Crippen molar-refractivity contribution in [3.05, 3.63) is 36.2 Å². The van der Waals surface area contributed by atoms with E-state index in [9.17, 15) is 4.79 Å². The molecule has 0 radical (unpaired) electrons. The number of hydrogen-bond donors (Lipinski definition) is 1. The predicted octanol–water partition coefficient (Wildman–Crippen LogP) is 1.69. The van der Waals surface area contributed by atoms with Gasteiger partial charge in [-0.25, -0.2) is 4.52 Å². The number of aromatic nitrogens is 2. The average molecular weight is 284 g/mol. The molecule has 1 aliphatic heterocycles. The highest BCUT2D eigenvalue weighted by Gasteiger charge is 2.35. The van der Waals surface area contributed by atoms with E-state index in [2.05, 4.69) is 15.3 Å². The Morgan fingerprint density at radius 1 is 1.24 bits per heavy atom. The lowest BCUT2D eigenvalue weighted by molar-refractivity contribution is 0.0821. The smallest absolute Gasteiger partial charge is 0.253 e. The number of carbonyl (C=O) groups excluding carboxylic acids is 1. The molecule has 110 valence electrons. The molecule has 0 spiro atoms. The Morgan fingerprint density at radius 3 is 2.86 bits per heavy atom. The molecule has 0 aromatic carbocycles. The van der Waals surface area contributed by atoms with E-state index in [1.54, 1.807) is 10.7 Å². The van der Waals surface area contributed by atoms with Crippen LogP contribution in [0.15, 0.2) is 30.6 Å². The van der Waals surface area contributed by atoms with Gasteiger partial charge in [-0.3, -0.25) is 4.79 Å². The molecule has 2 aliphatic rings. The molecule has 0 bridgehead atoms. The zero-order valence-corrected chi connectivity index (χ0v) is 12.0. The van der Waals surface area contributed by atoms with E-state index in [0.717, 1.165) is 18.4 Å². The highest BCUT2D eigenvalue weighted by atomic mass is 16.1. The Balaban J connectivity index is 1.39. The van der Waals surface area contributed by atoms with Gasteiger partial charge >= 0.3 is 0 Å². The highest BCUT2D eigenvalue weighted by Crippen LogP contribution is 2.28. The molecule has 1 aliphatic carbocycles. The number of carbonyl (C=O) groups is 1. The first-order chi connectivity index (χ1) is 10.3. The number of amides is 1. The summed E-state index contributed by atoms with van der Waals surface area (Å²) in [6, 6.07) is 6.61. The summed E-state index contributed by atoms with van der Waals surface area (Å²) in [6.45, 7) is 2.47. The van der Waals surface area contributed by atoms with Gasteiger partial charge in [0.05, 0.1) is 17.3 Å². The first-order valence-electron chi connectivity index (χ1n) is 7.78. The number of likely N-dealkylation sites (tertiary alicyclic amines) is 1. The van der Waals surface area contributed by atoms with Crippen molar-refractivity contribution in [3.8, 4) is 0 Å². The second-order valence-electron chi connectivity index (χ2n) is 6.12. The van der Waals surface area contributed by atoms with E-state index in [1.807, 2.05) is 24.4 Å². The summed E-state index contributed by atoms with van der Waals surface area (Å²) < 4.78 is 1.74. The zero-order valence-electron chi connectivity index (χ0n) is 12.0. The van der Waals surface area contributed by atoms with Crippen molar-refractivity contribution in [1.82, 2.24) is 19.8 Å². The van der Waals surface area contributed by atoms with Gasteiger partial charge in [-0.15, -0.1) is 0 Å². The maximum atomic E-state index is 12.4. The van der Waals surface area contributed by atoms with Crippen LogP contribution in [-0.2, 0) is 0 Å². The number of rotatable bonds is 3. The Morgan fingerprint density at radius 2 is 2.05 bits per heavy atom. The van der Waals surface area contributed by atoms with Crippen molar-refractivity contribution in [1.29, 1.82) is 0 Å². The van der Waals surface area contributed by atoms with Crippen LogP contribution in [0.1, 0.15) is 36.0 Å². The molecule has 3 heterocycles. The van der Waals surface area contributed by atoms with Crippen LogP contribution >= 0.6 is 0 Å². The Bertz CT molecular complexity index is 653. The summed E-state index contributed by atoms with van der Waals surface area (Å²) in [4.78, 5) is 15.0. The van der Waals surface area contributed by atoms with Crippen molar-refractivity contribution < 1.29 is 4.79 Å². The number of nitrogens with one attached hydrogen (secondary N) is 1. The minimum absolute atomic E-state index is 0.0194. The molecule has 2 aromatic heterocycles. The van der Waals surface area contributed by atoms with Gasteiger partial charge in [-0.2, -0.15) is 5.10 Å². The highest BCUT2D eigenvalue weighted by molar-refractivity contribution is 6.00. The summed E-state index contributed by atoms with van der Waals surface area (Å²) in [5.41, 5.74) is 1.57. The van der Waals surface area contributed by atoms with Gasteiger partial charge in [-0.1, -0.05) is 0 Å². The molecule has 1 N–H and O–H groups in total. The zero-order chi connectivity index (χ0) is 14.2. The van der Waals surface area contributed by atoms with E-state index in [1.165, 1.54) is 25.9 Å². The minimum atomic E-state index is 0.0194. The van der Waals surface area contributed by atoms with Gasteiger partial charge in [-0.05, 0) is 57.0 Å². The van der Waals surface area contributed by atoms with Crippen molar-refractivity contribution in [2.24, 2.45) is 0 Å². The molecule has 21 heavy (non-hydrogen) atoms. The van der Waals surface area contributed by atoms with Crippen LogP contribution in [0.25, 0.3) is 5.52 Å². The van der Waals surface area contributed by atoms with Crippen molar-refractivity contribution in [2.75, 3.05) is 13.1 Å². The normalized spacial score (nSPS) is 25.9. The Hall–Kier alpha value is -1.88. The molecule has 2 aromatic rings. The summed E-state index contributed by atoms with van der Waals surface area (Å²) in [5.74, 6) is 0.0194. The maximum Gasteiger partial charge on any atom is 0.253 e. The quantitative estimate of drug-likeness (QED) is 0.933. The molecule has 4 rings (SSSR count). The van der Waals surface area contributed by atoms with Crippen LogP contribution in [0.5, 0.6) is 0 Å². The van der Waals surface area contributed by atoms with Crippen LogP contribution in [0, 0.1) is 0 Å². The second-order valence-corrected chi connectivity index (χ2v) is 6.12. The van der Waals surface area contributed by atoms with Crippen LogP contribution < -0.4 is 5.32 Å². The predicted molar refractivity (Wildman–Crippen MR) is 80.3 cm³/mol. The van der Waals surface area contributed by atoms with Gasteiger partial charge in [0.1, 0.15) is 0 Å². The van der Waals surface area contributed by atoms with Crippen molar-refractivity contribution in [2.45, 2.75) is 37.8 Å². The van der Waals surface area contributed by atoms with E-state index < -0.39 is 0 Å². The van der Waals surface area contributed by atoms with Gasteiger partial charge in [0.2, 0.25) is 0 Å². The average Bonchev–Trinajstić information content (AvgIpc) is 3.11. The van der Waals surface area contributed by atoms with E-state index in [-0.39, 0.29) is 5.91 Å². The third kappa shape index (κ3) is 2.31. The third-order valence-corrected chi connectivity index (χ3v) is 4.79. The number of pyridine rings is 1. The molecule has 0 atom stereocenters. The van der Waals surface area contributed by atoms with Crippen LogP contribution in [0.4, 0.5) is 0 Å². The van der Waals surface area contributed by atoms with Crippen molar-refractivity contribution >= 4 is 11.4 Å². The fourth-order valence-electron chi connectivity index (χ4n) is 3.52. The second kappa shape index (κ2) is 5.15. The van der Waals surface area contributed by atoms with E-state index in [0.29, 0.717) is 17.6 Å². The minimum Gasteiger partial charge on any atom is -0.349 e. The number of hydrogen-bond acceptors (Lipinski definition) is 3. The molecule has 2 fully saturated rings. The summed E-state index contributed by atoms with van der Waals surface area (Å²) in [5, 5.41) is 7.33. The van der Waals surface area contributed by atoms with Gasteiger partial charge in [0.15, 0.2) is 0 Å². The molecular formula is C16H20N4O. The summed E-state index contributed by atoms with van der Waals surface area (Å²) in [7, 11) is 0. The lowest BCUT2D eigenvalue weighted by atomic mass is 9.85. The molecule has 5 heteroatoms. The van der Waals surface area contributed by atoms with E-state index >= 15 is 0 Å². The first kappa shape index (κ1) is 12.8. The monoisotopic (exact) mass is 284 g/mol. The standard InChI is InChI=1S/C16H20N4O/c21-16(14-4-3-9-20-15(14)5-6-17-20)18-12-10-13(11-12)19-7-1-2-8-19/h3-6,9,12-13H,1-2,7-8,10-11H2,(H,18,21). The third-order valence-electron chi connectivity index (χ3n) is 4.79. The number of nitrogens with zero attached hydrogens (tertiary/aromatic N) is 3. The fraction of sp³-hybridized carbons (Fsp3) is 0.500. The molecule has 0 unspecified atom stereocenters. The lowest BCUT2D eigenvalue weighted by Gasteiger charge is -2.41. The Kier molecular flexibility index (Phi) is 3.15. The van der Waals surface area contributed by atoms with Crippen LogP contribution in [-0.4, -0.2) is 45.6 Å². The van der Waals surface area contributed by atoms with Gasteiger partial charge in [0.25, 0.3) is 5.91 Å². The topological polar surface area (TPSA) is 49.6 Å². The summed E-state index contributed by atoms with van der Waals surface area (Å²) >= 11 is 0. The fourth-order valence-corrected chi connectivity index (χ4v) is 3.52. The Labute approximate surface area is 123 Å². The lowest BCUT2D eigenvalue weighted by Crippen LogP contribution is -2.53. The largest absolute Gasteiger partial charge is 0.349 e. The van der Waals surface area contributed by atoms with Crippen LogP contribution in [0.3, 0.4) is 0 Å². The number of fused-ring (bicyclic) bond motifs is 1. The maximum absolute atomic E-state index is 12.4. The molecule has 1 saturated heterocycles. The molecule has 5 nitrogen and oxygen atoms in total. The summed E-state index contributed by atoms with van der Waals surface area (Å²) in [6.07, 6.45) is 8.42. The van der Waals surface area contributed by atoms with Crippen molar-refractivity contribution in [3.63, 3.8) is 0 Å². The first-order valence-corrected chi connectivity index (χ1v) is 7.78. The molecule has 1 amide bonds.